The molecule has 0 atom stereocenters. The summed E-state index contributed by atoms with van der Waals surface area (Å²) in [7, 11) is 0. The molecule has 18 heavy (non-hydrogen) atoms. The summed E-state index contributed by atoms with van der Waals surface area (Å²) < 4.78 is 18.7. The first-order chi connectivity index (χ1) is 8.75. The average molecular weight is 244 g/mol. The molecule has 0 saturated carbocycles. The Morgan fingerprint density at radius 2 is 1.72 bits per heavy atom. The van der Waals surface area contributed by atoms with Crippen LogP contribution in [-0.2, 0) is 6.42 Å². The van der Waals surface area contributed by atoms with E-state index in [1.807, 2.05) is 0 Å². The summed E-state index contributed by atoms with van der Waals surface area (Å²) in [5, 5.41) is 0. The fourth-order valence-electron chi connectivity index (χ4n) is 1.77. The van der Waals surface area contributed by atoms with Gasteiger partial charge in [0, 0.05) is 0 Å². The molecule has 0 aliphatic carbocycles. The zero-order chi connectivity index (χ0) is 12.8. The number of halogens is 1. The van der Waals surface area contributed by atoms with Gasteiger partial charge in [0.25, 0.3) is 0 Å². The second-order valence-electron chi connectivity index (χ2n) is 4.37. The molecule has 1 nitrogen and oxygen atoms in total. The van der Waals surface area contributed by atoms with Gasteiger partial charge in [-0.2, -0.15) is 0 Å². The minimum Gasteiger partial charge on any atom is -0.491 e. The molecule has 0 unspecified atom stereocenters. The van der Waals surface area contributed by atoms with Crippen LogP contribution < -0.4 is 4.74 Å². The Morgan fingerprint density at radius 3 is 2.44 bits per heavy atom. The van der Waals surface area contributed by atoms with E-state index < -0.39 is 0 Å². The molecule has 2 aromatic rings. The van der Waals surface area contributed by atoms with E-state index in [0.717, 1.165) is 12.8 Å². The van der Waals surface area contributed by atoms with Gasteiger partial charge in [-0.15, -0.1) is 0 Å². The van der Waals surface area contributed by atoms with Crippen molar-refractivity contribution in [3.63, 3.8) is 0 Å². The van der Waals surface area contributed by atoms with Gasteiger partial charge in [-0.3, -0.25) is 0 Å². The Kier molecular flexibility index (Phi) is 4.35. The number of hydrogen-bond donors (Lipinski definition) is 0. The van der Waals surface area contributed by atoms with Crippen molar-refractivity contribution < 1.29 is 9.13 Å². The van der Waals surface area contributed by atoms with E-state index in [-0.39, 0.29) is 5.82 Å². The summed E-state index contributed by atoms with van der Waals surface area (Å²) in [6.07, 6.45) is 1.84. The van der Waals surface area contributed by atoms with E-state index >= 15 is 0 Å². The minimum absolute atomic E-state index is 0.298. The van der Waals surface area contributed by atoms with Gasteiger partial charge < -0.3 is 4.74 Å². The van der Waals surface area contributed by atoms with Crippen LogP contribution in [0.5, 0.6) is 5.75 Å². The fraction of sp³-hybridized carbons (Fsp3) is 0.250. The van der Waals surface area contributed by atoms with Crippen LogP contribution in [0.2, 0.25) is 0 Å². The summed E-state index contributed by atoms with van der Waals surface area (Å²) in [6.45, 7) is 2.61. The Morgan fingerprint density at radius 1 is 1.00 bits per heavy atom. The highest BCUT2D eigenvalue weighted by molar-refractivity contribution is 5.24. The predicted octanol–water partition coefficient (Wildman–Crippen LogP) is 4.15. The lowest BCUT2D eigenvalue weighted by Gasteiger charge is -2.07. The summed E-state index contributed by atoms with van der Waals surface area (Å²) in [5.74, 6) is 0.0363. The number of hydrogen-bond acceptors (Lipinski definition) is 1. The molecule has 0 bridgehead atoms. The second-order valence-corrected chi connectivity index (χ2v) is 4.37. The quantitative estimate of drug-likeness (QED) is 0.718. The van der Waals surface area contributed by atoms with E-state index in [9.17, 15) is 4.39 Å². The zero-order valence-corrected chi connectivity index (χ0v) is 10.5. The summed E-state index contributed by atoms with van der Waals surface area (Å²) in [6, 6.07) is 15.0. The standard InChI is InChI=1S/C16H17FO/c1-13-8-10-14(11-9-13)5-4-12-18-16-7-3-2-6-15(16)17/h2-3,6-11H,4-5,12H2,1H3. The Labute approximate surface area is 107 Å². The molecular weight excluding hydrogens is 227 g/mol. The molecule has 2 rings (SSSR count). The van der Waals surface area contributed by atoms with E-state index in [0.29, 0.717) is 12.4 Å². The Hall–Kier alpha value is -1.83. The van der Waals surface area contributed by atoms with Gasteiger partial charge in [0.2, 0.25) is 0 Å². The van der Waals surface area contributed by atoms with Crippen molar-refractivity contribution in [3.8, 4) is 5.75 Å². The first-order valence-corrected chi connectivity index (χ1v) is 6.18. The third-order valence-electron chi connectivity index (χ3n) is 2.82. The van der Waals surface area contributed by atoms with Gasteiger partial charge >= 0.3 is 0 Å². The number of para-hydroxylation sites is 1. The van der Waals surface area contributed by atoms with Crippen molar-refractivity contribution >= 4 is 0 Å². The van der Waals surface area contributed by atoms with Crippen LogP contribution in [0.1, 0.15) is 17.5 Å². The fourth-order valence-corrected chi connectivity index (χ4v) is 1.77. The van der Waals surface area contributed by atoms with Crippen molar-refractivity contribution in [2.45, 2.75) is 19.8 Å². The number of aryl methyl sites for hydroxylation is 2. The highest BCUT2D eigenvalue weighted by Gasteiger charge is 2.00. The smallest absolute Gasteiger partial charge is 0.165 e. The highest BCUT2D eigenvalue weighted by Crippen LogP contribution is 2.15. The minimum atomic E-state index is -0.298. The van der Waals surface area contributed by atoms with Crippen LogP contribution >= 0.6 is 0 Å². The molecular formula is C16H17FO. The molecule has 0 aromatic heterocycles. The van der Waals surface area contributed by atoms with Gasteiger partial charge in [0.1, 0.15) is 0 Å². The first-order valence-electron chi connectivity index (χ1n) is 6.18. The molecule has 0 aliphatic heterocycles. The first kappa shape index (κ1) is 12.6. The molecule has 0 heterocycles. The van der Waals surface area contributed by atoms with E-state index in [1.165, 1.54) is 17.2 Å². The normalized spacial score (nSPS) is 10.3. The lowest BCUT2D eigenvalue weighted by Crippen LogP contribution is -2.00. The topological polar surface area (TPSA) is 9.23 Å². The van der Waals surface area contributed by atoms with Crippen LogP contribution in [0.15, 0.2) is 48.5 Å². The largest absolute Gasteiger partial charge is 0.491 e. The van der Waals surface area contributed by atoms with Gasteiger partial charge in [-0.1, -0.05) is 42.0 Å². The summed E-state index contributed by atoms with van der Waals surface area (Å²) in [4.78, 5) is 0. The van der Waals surface area contributed by atoms with Gasteiger partial charge in [0.15, 0.2) is 11.6 Å². The Balaban J connectivity index is 1.76. The third kappa shape index (κ3) is 3.59. The molecule has 0 N–H and O–H groups in total. The van der Waals surface area contributed by atoms with Crippen molar-refractivity contribution in [2.75, 3.05) is 6.61 Å². The van der Waals surface area contributed by atoms with Gasteiger partial charge in [-0.05, 0) is 37.5 Å². The second kappa shape index (κ2) is 6.20. The highest BCUT2D eigenvalue weighted by atomic mass is 19.1. The van der Waals surface area contributed by atoms with E-state index in [2.05, 4.69) is 31.2 Å². The van der Waals surface area contributed by atoms with Gasteiger partial charge in [-0.25, -0.2) is 4.39 Å². The molecule has 0 amide bonds. The van der Waals surface area contributed by atoms with Crippen LogP contribution in [0, 0.1) is 12.7 Å². The lowest BCUT2D eigenvalue weighted by atomic mass is 10.1. The van der Waals surface area contributed by atoms with Crippen LogP contribution in [0.3, 0.4) is 0 Å². The third-order valence-corrected chi connectivity index (χ3v) is 2.82. The molecule has 0 fully saturated rings. The summed E-state index contributed by atoms with van der Waals surface area (Å²) in [5.41, 5.74) is 2.55. The number of rotatable bonds is 5. The van der Waals surface area contributed by atoms with Gasteiger partial charge in [0.05, 0.1) is 6.61 Å². The maximum absolute atomic E-state index is 13.3. The van der Waals surface area contributed by atoms with Crippen LogP contribution in [0.4, 0.5) is 4.39 Å². The van der Waals surface area contributed by atoms with E-state index in [1.54, 1.807) is 18.2 Å². The van der Waals surface area contributed by atoms with Crippen molar-refractivity contribution in [1.29, 1.82) is 0 Å². The molecule has 0 aliphatic rings. The number of benzene rings is 2. The van der Waals surface area contributed by atoms with Crippen molar-refractivity contribution in [1.82, 2.24) is 0 Å². The molecule has 0 saturated heterocycles. The maximum Gasteiger partial charge on any atom is 0.165 e. The van der Waals surface area contributed by atoms with Crippen LogP contribution in [-0.4, -0.2) is 6.61 Å². The van der Waals surface area contributed by atoms with Crippen molar-refractivity contribution in [3.05, 3.63) is 65.5 Å². The van der Waals surface area contributed by atoms with Crippen molar-refractivity contribution in [2.24, 2.45) is 0 Å². The SMILES string of the molecule is Cc1ccc(CCCOc2ccccc2F)cc1. The average Bonchev–Trinajstić information content (AvgIpc) is 2.39. The maximum atomic E-state index is 13.3. The molecule has 0 spiro atoms. The molecule has 0 radical (unpaired) electrons. The number of ether oxygens (including phenoxy) is 1. The van der Waals surface area contributed by atoms with Crippen LogP contribution in [0.25, 0.3) is 0 Å². The predicted molar refractivity (Wildman–Crippen MR) is 71.4 cm³/mol. The molecule has 2 heteroatoms. The molecule has 94 valence electrons. The lowest BCUT2D eigenvalue weighted by molar-refractivity contribution is 0.295. The monoisotopic (exact) mass is 244 g/mol. The zero-order valence-electron chi connectivity index (χ0n) is 10.5. The molecule has 2 aromatic carbocycles. The Bertz CT molecular complexity index is 491. The van der Waals surface area contributed by atoms with E-state index in [4.69, 9.17) is 4.74 Å². The summed E-state index contributed by atoms with van der Waals surface area (Å²) >= 11 is 0.